The Morgan fingerprint density at radius 2 is 0.551 bits per heavy atom. The van der Waals surface area contributed by atoms with E-state index in [0.717, 1.165) is 17.3 Å². The molecular formula is C104H91BrN2. The third-order valence-corrected chi connectivity index (χ3v) is 25.6. The molecule has 524 valence electrons. The molecule has 6 aliphatic carbocycles. The summed E-state index contributed by atoms with van der Waals surface area (Å²) in [5, 5.41) is 3.80. The lowest BCUT2D eigenvalue weighted by Crippen LogP contribution is -2.28. The third kappa shape index (κ3) is 11.7. The van der Waals surface area contributed by atoms with E-state index in [1.807, 2.05) is 0 Å². The summed E-state index contributed by atoms with van der Waals surface area (Å²) in [7, 11) is 0. The van der Waals surface area contributed by atoms with E-state index in [-0.39, 0.29) is 10.8 Å². The van der Waals surface area contributed by atoms with Crippen LogP contribution in [0.2, 0.25) is 0 Å². The van der Waals surface area contributed by atoms with E-state index in [9.17, 15) is 0 Å². The first kappa shape index (κ1) is 68.0. The van der Waals surface area contributed by atoms with Gasteiger partial charge in [0.15, 0.2) is 0 Å². The zero-order valence-electron chi connectivity index (χ0n) is 61.9. The van der Waals surface area contributed by atoms with Crippen LogP contribution in [0.3, 0.4) is 0 Å². The van der Waals surface area contributed by atoms with Gasteiger partial charge in [-0.1, -0.05) is 349 Å². The highest BCUT2D eigenvalue weighted by Gasteiger charge is 2.48. The highest BCUT2D eigenvalue weighted by Crippen LogP contribution is 2.60. The zero-order chi connectivity index (χ0) is 72.3. The summed E-state index contributed by atoms with van der Waals surface area (Å²) in [4.78, 5) is 2.51. The monoisotopic (exact) mass is 1450 g/mol. The lowest BCUT2D eigenvalue weighted by Gasteiger charge is -2.35. The Morgan fingerprint density at radius 3 is 0.963 bits per heavy atom. The van der Waals surface area contributed by atoms with Crippen LogP contribution in [0.1, 0.15) is 182 Å². The third-order valence-electron chi connectivity index (χ3n) is 25.0. The van der Waals surface area contributed by atoms with Crippen molar-refractivity contribution in [3.8, 4) is 44.5 Å². The molecule has 0 radical (unpaired) electrons. The molecule has 6 aliphatic rings. The fourth-order valence-corrected chi connectivity index (χ4v) is 20.1. The van der Waals surface area contributed by atoms with Gasteiger partial charge in [-0.2, -0.15) is 0 Å². The first-order valence-electron chi connectivity index (χ1n) is 39.1. The quantitative estimate of drug-likeness (QED) is 0.139. The van der Waals surface area contributed by atoms with Gasteiger partial charge in [0, 0.05) is 43.7 Å². The van der Waals surface area contributed by atoms with Gasteiger partial charge in [0.25, 0.3) is 0 Å². The van der Waals surface area contributed by atoms with Gasteiger partial charge < -0.3 is 10.2 Å². The van der Waals surface area contributed by atoms with E-state index in [0.29, 0.717) is 5.92 Å². The van der Waals surface area contributed by atoms with E-state index in [1.165, 1.54) is 208 Å². The molecule has 20 rings (SSSR count). The molecule has 14 aromatic carbocycles. The molecule has 0 bridgehead atoms. The number of nitrogens with zero attached hydrogens (tertiary/aromatic N) is 1. The van der Waals surface area contributed by atoms with E-state index in [1.54, 1.807) is 0 Å². The van der Waals surface area contributed by atoms with E-state index in [4.69, 9.17) is 0 Å². The van der Waals surface area contributed by atoms with E-state index >= 15 is 0 Å². The molecule has 3 heteroatoms. The summed E-state index contributed by atoms with van der Waals surface area (Å²) in [6, 6.07) is 127. The molecule has 0 aromatic heterocycles. The van der Waals surface area contributed by atoms with Crippen LogP contribution in [0.5, 0.6) is 0 Å². The molecule has 0 unspecified atom stereocenters. The molecule has 0 heterocycles. The molecule has 0 spiro atoms. The Kier molecular flexibility index (Phi) is 17.9. The molecule has 107 heavy (non-hydrogen) atoms. The summed E-state index contributed by atoms with van der Waals surface area (Å²) < 4.78 is 1.19. The second-order valence-corrected chi connectivity index (χ2v) is 32.6. The van der Waals surface area contributed by atoms with Gasteiger partial charge in [0.2, 0.25) is 0 Å². The molecule has 14 aromatic rings. The van der Waals surface area contributed by atoms with E-state index in [2.05, 4.69) is 394 Å². The maximum Gasteiger partial charge on any atom is 0.0714 e. The summed E-state index contributed by atoms with van der Waals surface area (Å²) in [6.07, 6.45) is 13.7. The first-order valence-corrected chi connectivity index (χ1v) is 39.9. The standard InChI is InChI=1S/C52H45N.C40H31N.C12H15Br/c1-51(2)47-24-14-12-22-43(47)45-32-30-41(34-49(45)51)53(40-28-26-37(27-29-40)36-16-6-3-7-17-36)42-31-33-46-44-23-13-15-25-48(44)52(50(46)35-42,38-18-8-4-9-19-38)39-20-10-5-11-21-39;1-39(2)35-19-11-9-17-31(35)33-23-21-29(25-37(33)39)41-30-22-24-34-32-18-10-12-20-36(32)40(38(34)26-30,27-13-5-3-6-14-27)28-15-7-4-8-16-28;13-12-8-6-11(7-9-12)10-4-2-1-3-5-10/h4-5,8-15,18-36H,3,6-7,16-17H2,1-2H3;3-26,41H,1-2H3;6-10H,1-5H2. The van der Waals surface area contributed by atoms with Crippen molar-refractivity contribution in [3.05, 3.63) is 422 Å². The van der Waals surface area contributed by atoms with Crippen molar-refractivity contribution in [2.24, 2.45) is 0 Å². The molecule has 0 aliphatic heterocycles. The van der Waals surface area contributed by atoms with Crippen LogP contribution in [0, 0.1) is 0 Å². The molecule has 0 saturated heterocycles. The number of hydrogen-bond donors (Lipinski definition) is 1. The molecule has 0 amide bonds. The van der Waals surface area contributed by atoms with Crippen LogP contribution >= 0.6 is 15.9 Å². The van der Waals surface area contributed by atoms with Crippen LogP contribution in [0.4, 0.5) is 28.4 Å². The minimum absolute atomic E-state index is 0.0288. The first-order chi connectivity index (χ1) is 52.5. The average molecular weight is 1450 g/mol. The van der Waals surface area contributed by atoms with Crippen molar-refractivity contribution in [3.63, 3.8) is 0 Å². The summed E-state index contributed by atoms with van der Waals surface area (Å²) in [6.45, 7) is 9.43. The predicted molar refractivity (Wildman–Crippen MR) is 453 cm³/mol. The Hall–Kier alpha value is -10.8. The predicted octanol–water partition coefficient (Wildman–Crippen LogP) is 28.5. The average Bonchev–Trinajstić information content (AvgIpc) is 1.56. The SMILES string of the molecule is Brc1ccc(C2CCCCC2)cc1.CC1(C)c2ccccc2-c2ccc(N(c3ccc(C4CCCCC4)cc3)c3ccc4c(c3)C(c3ccccc3)(c3ccccc3)c3ccccc3-4)cc21.CC1(C)c2ccccc2-c2ccc(Nc3ccc4c(c3)C(c3ccccc3)(c3ccccc3)c3ccccc3-4)cc21. The molecule has 1 N–H and O–H groups in total. The minimum Gasteiger partial charge on any atom is -0.356 e. The van der Waals surface area contributed by atoms with Gasteiger partial charge in [-0.15, -0.1) is 0 Å². The Labute approximate surface area is 642 Å². The molecule has 2 nitrogen and oxygen atoms in total. The number of halogens is 1. The normalized spacial score (nSPS) is 16.1. The summed E-state index contributed by atoms with van der Waals surface area (Å²) in [5.74, 6) is 1.50. The minimum atomic E-state index is -0.456. The van der Waals surface area contributed by atoms with Gasteiger partial charge in [-0.25, -0.2) is 0 Å². The van der Waals surface area contributed by atoms with Crippen LogP contribution in [0.25, 0.3) is 44.5 Å². The zero-order valence-corrected chi connectivity index (χ0v) is 63.5. The fraction of sp³-hybridized carbons (Fsp3) is 0.192. The van der Waals surface area contributed by atoms with Crippen LogP contribution < -0.4 is 10.2 Å². The Balaban J connectivity index is 0.000000132. The van der Waals surface area contributed by atoms with E-state index < -0.39 is 10.8 Å². The molecule has 2 fully saturated rings. The maximum atomic E-state index is 3.80. The molecular weight excluding hydrogens is 1360 g/mol. The van der Waals surface area contributed by atoms with Crippen molar-refractivity contribution >= 4 is 44.4 Å². The van der Waals surface area contributed by atoms with Gasteiger partial charge in [0.05, 0.1) is 10.8 Å². The number of hydrogen-bond acceptors (Lipinski definition) is 2. The van der Waals surface area contributed by atoms with Gasteiger partial charge in [-0.05, 0) is 233 Å². The molecule has 0 atom stereocenters. The highest BCUT2D eigenvalue weighted by atomic mass is 79.9. The lowest BCUT2D eigenvalue weighted by molar-refractivity contribution is 0.443. The highest BCUT2D eigenvalue weighted by molar-refractivity contribution is 9.10. The lowest BCUT2D eigenvalue weighted by atomic mass is 9.67. The van der Waals surface area contributed by atoms with Crippen molar-refractivity contribution in [2.45, 2.75) is 125 Å². The number of fused-ring (bicyclic) bond motifs is 12. The molecule has 2 saturated carbocycles. The topological polar surface area (TPSA) is 15.3 Å². The Bertz CT molecular complexity index is 5490. The van der Waals surface area contributed by atoms with Gasteiger partial charge in [0.1, 0.15) is 0 Å². The van der Waals surface area contributed by atoms with Gasteiger partial charge in [-0.3, -0.25) is 0 Å². The van der Waals surface area contributed by atoms with Crippen LogP contribution in [0.15, 0.2) is 344 Å². The number of rotatable bonds is 11. The summed E-state index contributed by atoms with van der Waals surface area (Å²) in [5.41, 5.74) is 34.4. The van der Waals surface area contributed by atoms with Crippen molar-refractivity contribution < 1.29 is 0 Å². The summed E-state index contributed by atoms with van der Waals surface area (Å²) >= 11 is 3.47. The largest absolute Gasteiger partial charge is 0.356 e. The Morgan fingerprint density at radius 1 is 0.262 bits per heavy atom. The van der Waals surface area contributed by atoms with Crippen molar-refractivity contribution in [1.82, 2.24) is 0 Å². The number of benzene rings is 14. The van der Waals surface area contributed by atoms with Crippen molar-refractivity contribution in [2.75, 3.05) is 10.2 Å². The van der Waals surface area contributed by atoms with Crippen LogP contribution in [-0.4, -0.2) is 0 Å². The van der Waals surface area contributed by atoms with Crippen LogP contribution in [-0.2, 0) is 21.7 Å². The maximum absolute atomic E-state index is 3.80. The van der Waals surface area contributed by atoms with Crippen molar-refractivity contribution in [1.29, 1.82) is 0 Å². The number of anilines is 5. The number of nitrogens with one attached hydrogen (secondary N) is 1. The smallest absolute Gasteiger partial charge is 0.0714 e. The fourth-order valence-electron chi connectivity index (χ4n) is 19.8. The van der Waals surface area contributed by atoms with Gasteiger partial charge >= 0.3 is 0 Å². The second-order valence-electron chi connectivity index (χ2n) is 31.7. The second kappa shape index (κ2) is 28.1.